The molecule has 0 N–H and O–H groups in total. The van der Waals surface area contributed by atoms with E-state index in [1.54, 1.807) is 46.0 Å². The third-order valence-corrected chi connectivity index (χ3v) is 3.10. The quantitative estimate of drug-likeness (QED) is 0.797. The van der Waals surface area contributed by atoms with Gasteiger partial charge in [0.1, 0.15) is 17.4 Å². The van der Waals surface area contributed by atoms with Crippen LogP contribution in [0.4, 0.5) is 4.79 Å². The highest BCUT2D eigenvalue weighted by Gasteiger charge is 2.39. The first-order valence-electron chi connectivity index (χ1n) is 6.58. The molecule has 0 saturated carbocycles. The van der Waals surface area contributed by atoms with Crippen molar-refractivity contribution in [3.8, 4) is 5.88 Å². The van der Waals surface area contributed by atoms with Gasteiger partial charge in [0, 0.05) is 18.8 Å². The van der Waals surface area contributed by atoms with E-state index in [0.29, 0.717) is 17.7 Å². The van der Waals surface area contributed by atoms with Gasteiger partial charge in [-0.25, -0.2) is 9.78 Å². The molecule has 0 radical (unpaired) electrons. The maximum absolute atomic E-state index is 12.2. The van der Waals surface area contributed by atoms with E-state index >= 15 is 0 Å². The first kappa shape index (κ1) is 16.9. The molecule has 0 spiro atoms. The summed E-state index contributed by atoms with van der Waals surface area (Å²) < 4.78 is 10.5. The number of hydrogen-bond acceptors (Lipinski definition) is 5. The molecule has 1 amide bonds. The summed E-state index contributed by atoms with van der Waals surface area (Å²) in [5.41, 5.74) is -1.38. The Morgan fingerprint density at radius 2 is 1.95 bits per heavy atom. The number of methoxy groups -OCH3 is 1. The van der Waals surface area contributed by atoms with Gasteiger partial charge >= 0.3 is 6.09 Å². The van der Waals surface area contributed by atoms with Gasteiger partial charge in [-0.05, 0) is 39.8 Å². The van der Waals surface area contributed by atoms with E-state index in [9.17, 15) is 9.59 Å². The van der Waals surface area contributed by atoms with Crippen molar-refractivity contribution in [2.24, 2.45) is 0 Å². The number of carbonyl (C=O) groups is 2. The Kier molecular flexibility index (Phi) is 4.93. The molecule has 1 rings (SSSR count). The number of aromatic nitrogens is 1. The number of carbonyl (C=O) groups excluding carboxylic acids is 2. The second-order valence-electron chi connectivity index (χ2n) is 5.86. The van der Waals surface area contributed by atoms with Gasteiger partial charge in [0.25, 0.3) is 0 Å². The van der Waals surface area contributed by atoms with Crippen LogP contribution in [0.1, 0.15) is 33.3 Å². The molecule has 1 heterocycles. The minimum absolute atomic E-state index is 0.294. The van der Waals surface area contributed by atoms with E-state index in [1.165, 1.54) is 19.1 Å². The van der Waals surface area contributed by atoms with Crippen LogP contribution in [0.25, 0.3) is 0 Å². The SMILES string of the molecule is COc1ncccc1C(C)(C=O)N(C)C(=O)OC(C)(C)C. The fourth-order valence-electron chi connectivity index (χ4n) is 1.78. The summed E-state index contributed by atoms with van der Waals surface area (Å²) in [6.07, 6.45) is 1.64. The number of hydrogen-bond donors (Lipinski definition) is 0. The molecule has 6 heteroatoms. The summed E-state index contributed by atoms with van der Waals surface area (Å²) in [5.74, 6) is 0.294. The van der Waals surface area contributed by atoms with Gasteiger partial charge in [-0.3, -0.25) is 4.90 Å². The van der Waals surface area contributed by atoms with Gasteiger partial charge in [-0.15, -0.1) is 0 Å². The van der Waals surface area contributed by atoms with Crippen LogP contribution in [-0.2, 0) is 15.1 Å². The Labute approximate surface area is 125 Å². The number of likely N-dealkylation sites (N-methyl/N-ethyl adjacent to an activating group) is 1. The molecule has 1 atom stereocenters. The number of aldehydes is 1. The molecule has 21 heavy (non-hydrogen) atoms. The van der Waals surface area contributed by atoms with Crippen molar-refractivity contribution in [2.75, 3.05) is 14.2 Å². The van der Waals surface area contributed by atoms with Crippen molar-refractivity contribution in [3.63, 3.8) is 0 Å². The Morgan fingerprint density at radius 1 is 1.33 bits per heavy atom. The van der Waals surface area contributed by atoms with Crippen LogP contribution in [0, 0.1) is 0 Å². The molecule has 0 aliphatic carbocycles. The van der Waals surface area contributed by atoms with Crippen molar-refractivity contribution in [3.05, 3.63) is 23.9 Å². The first-order valence-corrected chi connectivity index (χ1v) is 6.58. The monoisotopic (exact) mass is 294 g/mol. The molecule has 0 aliphatic heterocycles. The number of ether oxygens (including phenoxy) is 2. The van der Waals surface area contributed by atoms with Gasteiger partial charge in [-0.1, -0.05) is 0 Å². The van der Waals surface area contributed by atoms with E-state index in [2.05, 4.69) is 4.98 Å². The van der Waals surface area contributed by atoms with E-state index < -0.39 is 17.2 Å². The maximum Gasteiger partial charge on any atom is 0.411 e. The molecule has 0 aliphatic rings. The molecule has 6 nitrogen and oxygen atoms in total. The van der Waals surface area contributed by atoms with Crippen molar-refractivity contribution in [1.29, 1.82) is 0 Å². The van der Waals surface area contributed by atoms with Crippen LogP contribution >= 0.6 is 0 Å². The van der Waals surface area contributed by atoms with E-state index in [0.717, 1.165) is 0 Å². The average molecular weight is 294 g/mol. The number of nitrogens with zero attached hydrogens (tertiary/aromatic N) is 2. The van der Waals surface area contributed by atoms with Crippen LogP contribution in [-0.4, -0.2) is 42.0 Å². The lowest BCUT2D eigenvalue weighted by Crippen LogP contribution is -2.48. The summed E-state index contributed by atoms with van der Waals surface area (Å²) in [6.45, 7) is 6.91. The normalized spacial score (nSPS) is 14.0. The number of rotatable bonds is 4. The Balaban J connectivity index is 3.20. The molecule has 1 aromatic heterocycles. The highest BCUT2D eigenvalue weighted by molar-refractivity contribution is 5.78. The van der Waals surface area contributed by atoms with Gasteiger partial charge in [-0.2, -0.15) is 0 Å². The van der Waals surface area contributed by atoms with E-state index in [1.807, 2.05) is 0 Å². The Hall–Kier alpha value is -2.11. The topological polar surface area (TPSA) is 68.7 Å². The van der Waals surface area contributed by atoms with Gasteiger partial charge in [0.05, 0.1) is 7.11 Å². The lowest BCUT2D eigenvalue weighted by Gasteiger charge is -2.35. The molecule has 1 unspecified atom stereocenters. The molecule has 116 valence electrons. The maximum atomic E-state index is 12.2. The first-order chi connectivity index (χ1) is 9.65. The molecule has 1 aromatic rings. The van der Waals surface area contributed by atoms with E-state index in [-0.39, 0.29) is 0 Å². The van der Waals surface area contributed by atoms with Gasteiger partial charge < -0.3 is 14.3 Å². The summed E-state index contributed by atoms with van der Waals surface area (Å²) in [4.78, 5) is 29.2. The van der Waals surface area contributed by atoms with E-state index in [4.69, 9.17) is 9.47 Å². The van der Waals surface area contributed by atoms with Crippen molar-refractivity contribution in [1.82, 2.24) is 9.88 Å². The minimum Gasteiger partial charge on any atom is -0.481 e. The summed E-state index contributed by atoms with van der Waals surface area (Å²) in [6, 6.07) is 3.38. The van der Waals surface area contributed by atoms with Crippen molar-refractivity contribution >= 4 is 12.4 Å². The van der Waals surface area contributed by atoms with Crippen LogP contribution < -0.4 is 4.74 Å². The predicted molar refractivity (Wildman–Crippen MR) is 78.2 cm³/mol. The third kappa shape index (κ3) is 3.71. The fourth-order valence-corrected chi connectivity index (χ4v) is 1.78. The molecular weight excluding hydrogens is 272 g/mol. The Morgan fingerprint density at radius 3 is 2.43 bits per heavy atom. The smallest absolute Gasteiger partial charge is 0.411 e. The number of pyridine rings is 1. The third-order valence-electron chi connectivity index (χ3n) is 3.10. The molecule has 0 saturated heterocycles. The summed E-state index contributed by atoms with van der Waals surface area (Å²) in [7, 11) is 2.97. The second-order valence-corrected chi connectivity index (χ2v) is 5.86. The average Bonchev–Trinajstić information content (AvgIpc) is 2.43. The predicted octanol–water partition coefficient (Wildman–Crippen LogP) is 2.37. The van der Waals surface area contributed by atoms with Crippen molar-refractivity contribution < 1.29 is 19.1 Å². The lowest BCUT2D eigenvalue weighted by atomic mass is 9.93. The Bertz CT molecular complexity index is 525. The largest absolute Gasteiger partial charge is 0.481 e. The highest BCUT2D eigenvalue weighted by Crippen LogP contribution is 2.32. The minimum atomic E-state index is -1.23. The standard InChI is InChI=1S/C15H22N2O4/c1-14(2,3)21-13(19)17(5)15(4,10-18)11-8-7-9-16-12(11)20-6/h7-10H,1-6H3. The fraction of sp³-hybridized carbons (Fsp3) is 0.533. The van der Waals surface area contributed by atoms with Crippen LogP contribution in [0.3, 0.4) is 0 Å². The zero-order valence-corrected chi connectivity index (χ0v) is 13.3. The molecule has 0 bridgehead atoms. The van der Waals surface area contributed by atoms with Gasteiger partial charge in [0.15, 0.2) is 0 Å². The summed E-state index contributed by atoms with van der Waals surface area (Å²) >= 11 is 0. The zero-order chi connectivity index (χ0) is 16.3. The lowest BCUT2D eigenvalue weighted by molar-refractivity contribution is -0.117. The van der Waals surface area contributed by atoms with Crippen LogP contribution in [0.2, 0.25) is 0 Å². The van der Waals surface area contributed by atoms with Gasteiger partial charge in [0.2, 0.25) is 5.88 Å². The molecule has 0 aromatic carbocycles. The number of amides is 1. The second kappa shape index (κ2) is 6.11. The molecule has 0 fully saturated rings. The molecular formula is C15H22N2O4. The van der Waals surface area contributed by atoms with Crippen LogP contribution in [0.15, 0.2) is 18.3 Å². The van der Waals surface area contributed by atoms with Crippen LogP contribution in [0.5, 0.6) is 5.88 Å². The zero-order valence-electron chi connectivity index (χ0n) is 13.3. The highest BCUT2D eigenvalue weighted by atomic mass is 16.6. The summed E-state index contributed by atoms with van der Waals surface area (Å²) in [5, 5.41) is 0. The van der Waals surface area contributed by atoms with Crippen molar-refractivity contribution in [2.45, 2.75) is 38.8 Å².